The Bertz CT molecular complexity index is 419. The van der Waals surface area contributed by atoms with Crippen molar-refractivity contribution >= 4 is 27.5 Å². The molecule has 112 valence electrons. The Labute approximate surface area is 136 Å². The van der Waals surface area contributed by atoms with Gasteiger partial charge in [0.1, 0.15) is 0 Å². The molecule has 1 atom stereocenters. The van der Waals surface area contributed by atoms with E-state index in [1.807, 2.05) is 12.1 Å². The first-order chi connectivity index (χ1) is 9.66. The Morgan fingerprint density at radius 2 is 2.05 bits per heavy atom. The predicted octanol–water partition coefficient (Wildman–Crippen LogP) is 4.63. The van der Waals surface area contributed by atoms with Crippen LogP contribution in [-0.4, -0.2) is 31.1 Å². The van der Waals surface area contributed by atoms with Crippen molar-refractivity contribution in [3.63, 3.8) is 0 Å². The average Bonchev–Trinajstić information content (AvgIpc) is 2.44. The van der Waals surface area contributed by atoms with Crippen LogP contribution in [0.5, 0.6) is 0 Å². The first kappa shape index (κ1) is 16.3. The molecule has 20 heavy (non-hydrogen) atoms. The van der Waals surface area contributed by atoms with E-state index in [1.165, 1.54) is 50.9 Å². The molecule has 1 saturated heterocycles. The van der Waals surface area contributed by atoms with E-state index in [9.17, 15) is 0 Å². The average molecular weight is 360 g/mol. The summed E-state index contributed by atoms with van der Waals surface area (Å²) >= 11 is 9.72. The fourth-order valence-electron chi connectivity index (χ4n) is 2.77. The minimum Gasteiger partial charge on any atom is -0.310 e. The van der Waals surface area contributed by atoms with Crippen molar-refractivity contribution in [2.75, 3.05) is 26.2 Å². The monoisotopic (exact) mass is 358 g/mol. The third kappa shape index (κ3) is 5.03. The van der Waals surface area contributed by atoms with Crippen molar-refractivity contribution in [3.8, 4) is 0 Å². The minimum absolute atomic E-state index is 0.303. The fourth-order valence-corrected chi connectivity index (χ4v) is 3.60. The van der Waals surface area contributed by atoms with Crippen LogP contribution in [-0.2, 0) is 0 Å². The lowest BCUT2D eigenvalue weighted by Crippen LogP contribution is -2.32. The number of halogens is 2. The van der Waals surface area contributed by atoms with E-state index in [1.54, 1.807) is 0 Å². The molecule has 0 saturated carbocycles. The van der Waals surface area contributed by atoms with Gasteiger partial charge in [0.2, 0.25) is 0 Å². The van der Waals surface area contributed by atoms with E-state index in [4.69, 9.17) is 11.6 Å². The van der Waals surface area contributed by atoms with Crippen LogP contribution in [0.2, 0.25) is 5.02 Å². The van der Waals surface area contributed by atoms with Gasteiger partial charge in [-0.1, -0.05) is 40.0 Å². The second kappa shape index (κ2) is 8.38. The molecule has 1 aromatic rings. The lowest BCUT2D eigenvalue weighted by atomic mass is 10.1. The molecule has 1 unspecified atom stereocenters. The highest BCUT2D eigenvalue weighted by molar-refractivity contribution is 9.10. The van der Waals surface area contributed by atoms with Gasteiger partial charge in [0, 0.05) is 15.5 Å². The van der Waals surface area contributed by atoms with Gasteiger partial charge in [0.25, 0.3) is 0 Å². The van der Waals surface area contributed by atoms with Crippen molar-refractivity contribution < 1.29 is 0 Å². The van der Waals surface area contributed by atoms with Crippen LogP contribution < -0.4 is 5.32 Å². The smallest absolute Gasteiger partial charge is 0.0464 e. The summed E-state index contributed by atoms with van der Waals surface area (Å²) in [5.74, 6) is 0. The van der Waals surface area contributed by atoms with Crippen LogP contribution in [0.15, 0.2) is 22.7 Å². The highest BCUT2D eigenvalue weighted by atomic mass is 79.9. The summed E-state index contributed by atoms with van der Waals surface area (Å²) < 4.78 is 1.03. The predicted molar refractivity (Wildman–Crippen MR) is 90.5 cm³/mol. The summed E-state index contributed by atoms with van der Waals surface area (Å²) in [6, 6.07) is 6.40. The largest absolute Gasteiger partial charge is 0.310 e. The van der Waals surface area contributed by atoms with Crippen LogP contribution in [0.25, 0.3) is 0 Å². The zero-order valence-corrected chi connectivity index (χ0v) is 14.5. The SMILES string of the molecule is CC(NCCCN1CCCCC1)c1ccc(Br)cc1Cl. The van der Waals surface area contributed by atoms with Gasteiger partial charge in [-0.05, 0) is 70.1 Å². The Morgan fingerprint density at radius 1 is 1.30 bits per heavy atom. The molecule has 0 aliphatic carbocycles. The molecular formula is C16H24BrClN2. The zero-order valence-electron chi connectivity index (χ0n) is 12.2. The van der Waals surface area contributed by atoms with E-state index >= 15 is 0 Å². The quantitative estimate of drug-likeness (QED) is 0.745. The van der Waals surface area contributed by atoms with Crippen molar-refractivity contribution in [1.82, 2.24) is 10.2 Å². The summed E-state index contributed by atoms with van der Waals surface area (Å²) in [5, 5.41) is 4.40. The van der Waals surface area contributed by atoms with E-state index in [0.717, 1.165) is 16.0 Å². The molecule has 0 radical (unpaired) electrons. The molecule has 0 amide bonds. The number of hydrogen-bond donors (Lipinski definition) is 1. The molecule has 1 aromatic carbocycles. The van der Waals surface area contributed by atoms with Crippen LogP contribution >= 0.6 is 27.5 Å². The number of nitrogens with one attached hydrogen (secondary N) is 1. The van der Waals surface area contributed by atoms with Gasteiger partial charge in [-0.2, -0.15) is 0 Å². The molecule has 1 aliphatic heterocycles. The molecule has 1 heterocycles. The third-order valence-electron chi connectivity index (χ3n) is 3.98. The molecule has 1 N–H and O–H groups in total. The second-order valence-corrected chi connectivity index (χ2v) is 6.92. The topological polar surface area (TPSA) is 15.3 Å². The lowest BCUT2D eigenvalue weighted by molar-refractivity contribution is 0.225. The molecule has 0 aromatic heterocycles. The lowest BCUT2D eigenvalue weighted by Gasteiger charge is -2.26. The van der Waals surface area contributed by atoms with Gasteiger partial charge in [-0.25, -0.2) is 0 Å². The minimum atomic E-state index is 0.303. The first-order valence-electron chi connectivity index (χ1n) is 7.57. The Kier molecular flexibility index (Phi) is 6.82. The summed E-state index contributed by atoms with van der Waals surface area (Å²) in [4.78, 5) is 2.59. The Hall–Kier alpha value is -0.0900. The highest BCUT2D eigenvalue weighted by Gasteiger charge is 2.11. The van der Waals surface area contributed by atoms with Gasteiger partial charge >= 0.3 is 0 Å². The van der Waals surface area contributed by atoms with Crippen LogP contribution in [0.4, 0.5) is 0 Å². The highest BCUT2D eigenvalue weighted by Crippen LogP contribution is 2.26. The van der Waals surface area contributed by atoms with Crippen molar-refractivity contribution in [3.05, 3.63) is 33.3 Å². The van der Waals surface area contributed by atoms with E-state index < -0.39 is 0 Å². The van der Waals surface area contributed by atoms with Crippen LogP contribution in [0, 0.1) is 0 Å². The fraction of sp³-hybridized carbons (Fsp3) is 0.625. The van der Waals surface area contributed by atoms with Gasteiger partial charge < -0.3 is 10.2 Å². The summed E-state index contributed by atoms with van der Waals surface area (Å²) in [6.07, 6.45) is 5.36. The van der Waals surface area contributed by atoms with Gasteiger partial charge in [-0.15, -0.1) is 0 Å². The maximum atomic E-state index is 6.28. The molecule has 2 rings (SSSR count). The molecule has 2 nitrogen and oxygen atoms in total. The van der Waals surface area contributed by atoms with Crippen molar-refractivity contribution in [2.45, 2.75) is 38.6 Å². The van der Waals surface area contributed by atoms with Gasteiger partial charge in [-0.3, -0.25) is 0 Å². The van der Waals surface area contributed by atoms with Gasteiger partial charge in [0.15, 0.2) is 0 Å². The van der Waals surface area contributed by atoms with Crippen LogP contribution in [0.3, 0.4) is 0 Å². The first-order valence-corrected chi connectivity index (χ1v) is 8.74. The number of rotatable bonds is 6. The normalized spacial score (nSPS) is 18.1. The van der Waals surface area contributed by atoms with E-state index in [0.29, 0.717) is 6.04 Å². The second-order valence-electron chi connectivity index (χ2n) is 5.60. The molecule has 0 spiro atoms. The summed E-state index contributed by atoms with van der Waals surface area (Å²) in [7, 11) is 0. The number of nitrogens with zero attached hydrogens (tertiary/aromatic N) is 1. The van der Waals surface area contributed by atoms with Crippen LogP contribution in [0.1, 0.15) is 44.2 Å². The molecule has 1 fully saturated rings. The zero-order chi connectivity index (χ0) is 14.4. The molecule has 0 bridgehead atoms. The summed E-state index contributed by atoms with van der Waals surface area (Å²) in [5.41, 5.74) is 1.17. The van der Waals surface area contributed by atoms with Crippen molar-refractivity contribution in [1.29, 1.82) is 0 Å². The van der Waals surface area contributed by atoms with Gasteiger partial charge in [0.05, 0.1) is 0 Å². The number of benzene rings is 1. The van der Waals surface area contributed by atoms with E-state index in [2.05, 4.69) is 39.1 Å². The van der Waals surface area contributed by atoms with E-state index in [-0.39, 0.29) is 0 Å². The molecule has 4 heteroatoms. The summed E-state index contributed by atoms with van der Waals surface area (Å²) in [6.45, 7) is 7.01. The number of piperidine rings is 1. The Morgan fingerprint density at radius 3 is 2.75 bits per heavy atom. The number of likely N-dealkylation sites (tertiary alicyclic amines) is 1. The maximum absolute atomic E-state index is 6.28. The van der Waals surface area contributed by atoms with Crippen molar-refractivity contribution in [2.24, 2.45) is 0 Å². The molecular weight excluding hydrogens is 336 g/mol. The number of hydrogen-bond acceptors (Lipinski definition) is 2. The molecule has 1 aliphatic rings. The maximum Gasteiger partial charge on any atom is 0.0464 e. The Balaban J connectivity index is 1.70. The standard InChI is InChI=1S/C16H24BrClN2/c1-13(15-7-6-14(17)12-16(15)18)19-8-5-11-20-9-3-2-4-10-20/h6-7,12-13,19H,2-5,8-11H2,1H3. The third-order valence-corrected chi connectivity index (χ3v) is 4.80.